The summed E-state index contributed by atoms with van der Waals surface area (Å²) in [6, 6.07) is 18.4. The van der Waals surface area contributed by atoms with Crippen molar-refractivity contribution in [3.8, 4) is 0 Å². The number of carbonyl (C=O) groups is 3. The van der Waals surface area contributed by atoms with Crippen LogP contribution < -0.4 is 0 Å². The average Bonchev–Trinajstić information content (AvgIpc) is 2.83. The maximum absolute atomic E-state index is 13.5. The van der Waals surface area contributed by atoms with Gasteiger partial charge in [0.25, 0.3) is 0 Å². The van der Waals surface area contributed by atoms with Crippen molar-refractivity contribution in [3.05, 3.63) is 83.9 Å². The van der Waals surface area contributed by atoms with Crippen LogP contribution in [0.3, 0.4) is 0 Å². The van der Waals surface area contributed by atoms with Crippen LogP contribution in [0, 0.1) is 11.8 Å². The lowest BCUT2D eigenvalue weighted by atomic mass is 9.75. The number of ketones is 2. The number of cyclic esters (lactones) is 1. The van der Waals surface area contributed by atoms with Gasteiger partial charge in [-0.2, -0.15) is 0 Å². The van der Waals surface area contributed by atoms with Gasteiger partial charge in [-0.1, -0.05) is 73.2 Å². The van der Waals surface area contributed by atoms with Crippen molar-refractivity contribution in [2.75, 3.05) is 0 Å². The van der Waals surface area contributed by atoms with E-state index < -0.39 is 12.2 Å². The fraction of sp³-hybridized carbons (Fsp3) is 0.393. The molecule has 5 atom stereocenters. The summed E-state index contributed by atoms with van der Waals surface area (Å²) in [5.74, 6) is -1.13. The first kappa shape index (κ1) is 23.1. The molecule has 0 N–H and O–H groups in total. The summed E-state index contributed by atoms with van der Waals surface area (Å²) in [6.45, 7) is 1.90. The number of allylic oxidation sites excluding steroid dienone is 1. The van der Waals surface area contributed by atoms with Gasteiger partial charge in [0.1, 0.15) is 6.10 Å². The lowest BCUT2D eigenvalue weighted by Crippen LogP contribution is -2.40. The standard InChI is InChI=1S/C28H30O5/c1-19-10-8-9-15-22-23(18-26(30)32-19)25(17-16-24(22)29)33-28(21-13-6-3-7-14-21)27(31)20-11-4-2-5-12-20/h2-7,11-14,16-17,19,22-23,25,28H,8-10,15,18H2,1H3/t19-,22+,23+,25-,28+/m0/s1. The van der Waals surface area contributed by atoms with Crippen molar-refractivity contribution in [3.63, 3.8) is 0 Å². The summed E-state index contributed by atoms with van der Waals surface area (Å²) in [5, 5.41) is 0. The highest BCUT2D eigenvalue weighted by Gasteiger charge is 2.40. The second-order valence-electron chi connectivity index (χ2n) is 8.94. The molecule has 0 radical (unpaired) electrons. The number of rotatable bonds is 5. The van der Waals surface area contributed by atoms with Gasteiger partial charge in [-0.05, 0) is 37.8 Å². The summed E-state index contributed by atoms with van der Waals surface area (Å²) in [4.78, 5) is 38.9. The molecule has 2 aromatic carbocycles. The number of benzene rings is 2. The van der Waals surface area contributed by atoms with Gasteiger partial charge in [-0.15, -0.1) is 0 Å². The first-order valence-electron chi connectivity index (χ1n) is 11.7. The van der Waals surface area contributed by atoms with Gasteiger partial charge in [0, 0.05) is 17.4 Å². The van der Waals surface area contributed by atoms with Gasteiger partial charge in [-0.3, -0.25) is 14.4 Å². The van der Waals surface area contributed by atoms with E-state index in [0.717, 1.165) is 24.8 Å². The van der Waals surface area contributed by atoms with E-state index in [9.17, 15) is 14.4 Å². The van der Waals surface area contributed by atoms with E-state index in [-0.39, 0.29) is 41.9 Å². The Morgan fingerprint density at radius 2 is 1.64 bits per heavy atom. The van der Waals surface area contributed by atoms with E-state index in [1.165, 1.54) is 0 Å². The molecule has 1 saturated heterocycles. The van der Waals surface area contributed by atoms with Crippen LogP contribution in [0.2, 0.25) is 0 Å². The van der Waals surface area contributed by atoms with E-state index in [4.69, 9.17) is 9.47 Å². The summed E-state index contributed by atoms with van der Waals surface area (Å²) < 4.78 is 12.0. The number of esters is 1. The minimum absolute atomic E-state index is 0.0203. The lowest BCUT2D eigenvalue weighted by Gasteiger charge is -2.36. The van der Waals surface area contributed by atoms with Crippen molar-refractivity contribution in [2.24, 2.45) is 11.8 Å². The maximum Gasteiger partial charge on any atom is 0.306 e. The van der Waals surface area contributed by atoms with Gasteiger partial charge in [-0.25, -0.2) is 0 Å². The van der Waals surface area contributed by atoms with Crippen LogP contribution in [0.5, 0.6) is 0 Å². The van der Waals surface area contributed by atoms with Gasteiger partial charge in [0.2, 0.25) is 0 Å². The average molecular weight is 447 g/mol. The number of hydrogen-bond donors (Lipinski definition) is 0. The predicted molar refractivity (Wildman–Crippen MR) is 125 cm³/mol. The Bertz CT molecular complexity index is 997. The molecule has 2 aliphatic rings. The number of ether oxygens (including phenoxy) is 2. The highest BCUT2D eigenvalue weighted by Crippen LogP contribution is 2.37. The van der Waals surface area contributed by atoms with Crippen molar-refractivity contribution in [1.82, 2.24) is 0 Å². The smallest absolute Gasteiger partial charge is 0.306 e. The third-order valence-electron chi connectivity index (χ3n) is 6.56. The molecule has 0 aromatic heterocycles. The first-order chi connectivity index (χ1) is 16.0. The van der Waals surface area contributed by atoms with E-state index in [0.29, 0.717) is 12.0 Å². The van der Waals surface area contributed by atoms with Crippen LogP contribution in [-0.2, 0) is 19.1 Å². The molecule has 0 spiro atoms. The SMILES string of the molecule is C[C@H]1CCCC[C@H]2C(=O)C=C[C@H](O[C@@H](C(=O)c3ccccc3)c3ccccc3)[C@@H]2CC(=O)O1. The Morgan fingerprint density at radius 3 is 2.36 bits per heavy atom. The zero-order chi connectivity index (χ0) is 23.2. The van der Waals surface area contributed by atoms with Gasteiger partial charge >= 0.3 is 5.97 Å². The molecule has 0 unspecified atom stereocenters. The predicted octanol–water partition coefficient (Wildman–Crippen LogP) is 5.26. The second-order valence-corrected chi connectivity index (χ2v) is 8.94. The van der Waals surface area contributed by atoms with Gasteiger partial charge in [0.15, 0.2) is 11.6 Å². The Morgan fingerprint density at radius 1 is 0.970 bits per heavy atom. The van der Waals surface area contributed by atoms with E-state index in [1.54, 1.807) is 24.3 Å². The second kappa shape index (κ2) is 10.7. The van der Waals surface area contributed by atoms with Crippen LogP contribution in [0.15, 0.2) is 72.8 Å². The summed E-state index contributed by atoms with van der Waals surface area (Å²) in [7, 11) is 0. The maximum atomic E-state index is 13.5. The van der Waals surface area contributed by atoms with Crippen LogP contribution in [0.4, 0.5) is 0 Å². The Balaban J connectivity index is 1.65. The molecule has 5 nitrogen and oxygen atoms in total. The van der Waals surface area contributed by atoms with Crippen molar-refractivity contribution >= 4 is 17.5 Å². The van der Waals surface area contributed by atoms with Crippen LogP contribution >= 0.6 is 0 Å². The molecular weight excluding hydrogens is 416 g/mol. The molecule has 4 rings (SSSR count). The molecule has 0 amide bonds. The molecule has 2 aromatic rings. The van der Waals surface area contributed by atoms with Crippen molar-refractivity contribution < 1.29 is 23.9 Å². The van der Waals surface area contributed by atoms with Gasteiger partial charge in [0.05, 0.1) is 18.6 Å². The minimum atomic E-state index is -0.845. The molecule has 5 heteroatoms. The number of fused-ring (bicyclic) bond motifs is 1. The Kier molecular flexibility index (Phi) is 7.50. The summed E-state index contributed by atoms with van der Waals surface area (Å²) in [6.07, 6.45) is 5.12. The topological polar surface area (TPSA) is 69.7 Å². The molecule has 0 saturated carbocycles. The van der Waals surface area contributed by atoms with Crippen molar-refractivity contribution in [2.45, 2.75) is 57.3 Å². The van der Waals surface area contributed by atoms with Crippen LogP contribution in [0.25, 0.3) is 0 Å². The van der Waals surface area contributed by atoms with Crippen LogP contribution in [0.1, 0.15) is 61.1 Å². The quantitative estimate of drug-likeness (QED) is 0.463. The zero-order valence-corrected chi connectivity index (χ0v) is 18.9. The van der Waals surface area contributed by atoms with E-state index >= 15 is 0 Å². The number of Topliss-reactive ketones (excluding diaryl/α,β-unsaturated/α-hetero) is 1. The van der Waals surface area contributed by atoms with Crippen molar-refractivity contribution in [1.29, 1.82) is 0 Å². The van der Waals surface area contributed by atoms with E-state index in [2.05, 4.69) is 0 Å². The fourth-order valence-corrected chi connectivity index (χ4v) is 4.81. The molecule has 1 fully saturated rings. The number of hydrogen-bond acceptors (Lipinski definition) is 5. The first-order valence-corrected chi connectivity index (χ1v) is 11.7. The lowest BCUT2D eigenvalue weighted by molar-refractivity contribution is -0.153. The van der Waals surface area contributed by atoms with E-state index in [1.807, 2.05) is 55.5 Å². The molecular formula is C28H30O5. The summed E-state index contributed by atoms with van der Waals surface area (Å²) in [5.41, 5.74) is 1.29. The normalized spacial score (nSPS) is 26.7. The molecule has 172 valence electrons. The monoisotopic (exact) mass is 446 g/mol. The molecule has 1 heterocycles. The summed E-state index contributed by atoms with van der Waals surface area (Å²) >= 11 is 0. The fourth-order valence-electron chi connectivity index (χ4n) is 4.81. The highest BCUT2D eigenvalue weighted by atomic mass is 16.5. The molecule has 1 aliphatic carbocycles. The third-order valence-corrected chi connectivity index (χ3v) is 6.56. The largest absolute Gasteiger partial charge is 0.463 e. The zero-order valence-electron chi connectivity index (χ0n) is 18.9. The minimum Gasteiger partial charge on any atom is -0.463 e. The van der Waals surface area contributed by atoms with Crippen LogP contribution in [-0.4, -0.2) is 29.7 Å². The molecule has 1 aliphatic heterocycles. The molecule has 33 heavy (non-hydrogen) atoms. The highest BCUT2D eigenvalue weighted by molar-refractivity contribution is 6.00. The van der Waals surface area contributed by atoms with Gasteiger partial charge < -0.3 is 9.47 Å². The third kappa shape index (κ3) is 5.66. The molecule has 0 bridgehead atoms. The Hall–Kier alpha value is -3.05. The number of carbonyl (C=O) groups excluding carboxylic acids is 3. The Labute approximate surface area is 194 Å².